The summed E-state index contributed by atoms with van der Waals surface area (Å²) >= 11 is 0.925. The Morgan fingerprint density at radius 3 is 2.71 bits per heavy atom. The maximum atomic E-state index is 11.3. The number of phenolic OH excluding ortho intramolecular Hbond substituents is 1. The highest BCUT2D eigenvalue weighted by Crippen LogP contribution is 2.35. The maximum absolute atomic E-state index is 11.3. The summed E-state index contributed by atoms with van der Waals surface area (Å²) in [5.74, 6) is -0.235. The molecule has 14 heavy (non-hydrogen) atoms. The molecule has 1 fully saturated rings. The molecule has 1 atom stereocenters. The highest BCUT2D eigenvalue weighted by molar-refractivity contribution is 8.15. The standard InChI is InChI=1S/C9H7NO3S/c11-6-3-1-2-5(4-6)7-8(12)10-9(13)14-7/h1-4,7,11H,(H,10,12,13). The van der Waals surface area contributed by atoms with Crippen LogP contribution < -0.4 is 5.32 Å². The van der Waals surface area contributed by atoms with Gasteiger partial charge in [-0.1, -0.05) is 12.1 Å². The number of benzene rings is 1. The van der Waals surface area contributed by atoms with E-state index in [1.807, 2.05) is 0 Å². The van der Waals surface area contributed by atoms with Crippen LogP contribution in [-0.4, -0.2) is 16.3 Å². The van der Waals surface area contributed by atoms with Gasteiger partial charge in [-0.25, -0.2) is 0 Å². The van der Waals surface area contributed by atoms with Crippen LogP contribution in [0.25, 0.3) is 0 Å². The number of nitrogens with one attached hydrogen (secondary N) is 1. The summed E-state index contributed by atoms with van der Waals surface area (Å²) in [5.41, 5.74) is 0.637. The van der Waals surface area contributed by atoms with E-state index in [0.717, 1.165) is 11.8 Å². The van der Waals surface area contributed by atoms with Gasteiger partial charge >= 0.3 is 0 Å². The largest absolute Gasteiger partial charge is 0.508 e. The van der Waals surface area contributed by atoms with Crippen LogP contribution in [0.4, 0.5) is 4.79 Å². The lowest BCUT2D eigenvalue weighted by Gasteiger charge is -2.04. The van der Waals surface area contributed by atoms with Gasteiger partial charge in [0.25, 0.3) is 5.24 Å². The molecular weight excluding hydrogens is 202 g/mol. The van der Waals surface area contributed by atoms with Gasteiger partial charge in [-0.3, -0.25) is 14.9 Å². The molecule has 1 heterocycles. The second kappa shape index (κ2) is 3.34. The molecule has 1 unspecified atom stereocenters. The molecule has 4 nitrogen and oxygen atoms in total. The number of hydrogen-bond acceptors (Lipinski definition) is 4. The van der Waals surface area contributed by atoms with Gasteiger partial charge in [0.05, 0.1) is 0 Å². The Bertz CT molecular complexity index is 405. The molecule has 1 aromatic rings. The molecule has 2 N–H and O–H groups in total. The average Bonchev–Trinajstić information content (AvgIpc) is 2.45. The maximum Gasteiger partial charge on any atom is 0.286 e. The Morgan fingerprint density at radius 2 is 2.14 bits per heavy atom. The molecule has 0 spiro atoms. The van der Waals surface area contributed by atoms with E-state index in [4.69, 9.17) is 0 Å². The van der Waals surface area contributed by atoms with Crippen molar-refractivity contribution in [3.05, 3.63) is 29.8 Å². The Morgan fingerprint density at radius 1 is 1.36 bits per heavy atom. The van der Waals surface area contributed by atoms with Crippen LogP contribution >= 0.6 is 11.8 Å². The second-order valence-corrected chi connectivity index (χ2v) is 3.95. The predicted molar refractivity (Wildman–Crippen MR) is 52.0 cm³/mol. The number of thioether (sulfide) groups is 1. The van der Waals surface area contributed by atoms with Crippen molar-refractivity contribution in [1.29, 1.82) is 0 Å². The van der Waals surface area contributed by atoms with Crippen molar-refractivity contribution in [2.45, 2.75) is 5.25 Å². The quantitative estimate of drug-likeness (QED) is 0.734. The smallest absolute Gasteiger partial charge is 0.286 e. The molecule has 5 heteroatoms. The Kier molecular flexibility index (Phi) is 2.17. The molecule has 1 aromatic carbocycles. The van der Waals surface area contributed by atoms with Gasteiger partial charge in [-0.05, 0) is 29.5 Å². The number of carbonyl (C=O) groups excluding carboxylic acids is 2. The highest BCUT2D eigenvalue weighted by atomic mass is 32.2. The van der Waals surface area contributed by atoms with Gasteiger partial charge in [0.1, 0.15) is 11.0 Å². The van der Waals surface area contributed by atoms with Crippen LogP contribution in [0.3, 0.4) is 0 Å². The van der Waals surface area contributed by atoms with Gasteiger partial charge < -0.3 is 5.11 Å². The fraction of sp³-hybridized carbons (Fsp3) is 0.111. The lowest BCUT2D eigenvalue weighted by atomic mass is 10.1. The molecule has 72 valence electrons. The summed E-state index contributed by atoms with van der Waals surface area (Å²) in [6.45, 7) is 0. The summed E-state index contributed by atoms with van der Waals surface area (Å²) in [6, 6.07) is 6.34. The molecule has 2 rings (SSSR count). The van der Waals surface area contributed by atoms with Crippen LogP contribution in [0.5, 0.6) is 5.75 Å². The van der Waals surface area contributed by atoms with E-state index in [2.05, 4.69) is 5.32 Å². The van der Waals surface area contributed by atoms with Crippen molar-refractivity contribution in [3.8, 4) is 5.75 Å². The SMILES string of the molecule is O=C1NC(=O)C(c2cccc(O)c2)S1. The predicted octanol–water partition coefficient (Wildman–Crippen LogP) is 1.42. The molecule has 0 bridgehead atoms. The first-order valence-corrected chi connectivity index (χ1v) is 4.85. The van der Waals surface area contributed by atoms with Crippen molar-refractivity contribution < 1.29 is 14.7 Å². The molecule has 0 saturated carbocycles. The summed E-state index contributed by atoms with van der Waals surface area (Å²) in [5, 5.41) is 10.5. The van der Waals surface area contributed by atoms with Gasteiger partial charge in [-0.15, -0.1) is 0 Å². The zero-order chi connectivity index (χ0) is 10.1. The van der Waals surface area contributed by atoms with E-state index in [-0.39, 0.29) is 16.9 Å². The third kappa shape index (κ3) is 1.58. The number of carbonyl (C=O) groups is 2. The minimum absolute atomic E-state index is 0.0928. The van der Waals surface area contributed by atoms with Gasteiger partial charge in [0.2, 0.25) is 5.91 Å². The zero-order valence-corrected chi connectivity index (χ0v) is 7.88. The Labute approximate surface area is 84.3 Å². The van der Waals surface area contributed by atoms with Gasteiger partial charge in [0.15, 0.2) is 0 Å². The minimum Gasteiger partial charge on any atom is -0.508 e. The molecule has 2 amide bonds. The van der Waals surface area contributed by atoms with Gasteiger partial charge in [0, 0.05) is 0 Å². The molecular formula is C9H7NO3S. The van der Waals surface area contributed by atoms with E-state index in [9.17, 15) is 14.7 Å². The van der Waals surface area contributed by atoms with Crippen LogP contribution in [0, 0.1) is 0 Å². The van der Waals surface area contributed by atoms with E-state index in [1.165, 1.54) is 12.1 Å². The fourth-order valence-corrected chi connectivity index (χ4v) is 2.09. The zero-order valence-electron chi connectivity index (χ0n) is 7.06. The third-order valence-electron chi connectivity index (χ3n) is 1.86. The van der Waals surface area contributed by atoms with Crippen molar-refractivity contribution in [2.24, 2.45) is 0 Å². The summed E-state index contributed by atoms with van der Waals surface area (Å²) in [7, 11) is 0. The first-order valence-electron chi connectivity index (χ1n) is 3.97. The molecule has 0 aromatic heterocycles. The number of amides is 2. The van der Waals surface area contributed by atoms with Crippen molar-refractivity contribution >= 4 is 22.9 Å². The van der Waals surface area contributed by atoms with Crippen LogP contribution in [0.2, 0.25) is 0 Å². The number of hydrogen-bond donors (Lipinski definition) is 2. The molecule has 1 saturated heterocycles. The Balaban J connectivity index is 2.31. The lowest BCUT2D eigenvalue weighted by Crippen LogP contribution is -2.20. The van der Waals surface area contributed by atoms with E-state index in [1.54, 1.807) is 12.1 Å². The summed E-state index contributed by atoms with van der Waals surface area (Å²) in [4.78, 5) is 22.2. The van der Waals surface area contributed by atoms with Gasteiger partial charge in [-0.2, -0.15) is 0 Å². The fourth-order valence-electron chi connectivity index (χ4n) is 1.26. The average molecular weight is 209 g/mol. The first kappa shape index (κ1) is 9.08. The van der Waals surface area contributed by atoms with Crippen LogP contribution in [0.1, 0.15) is 10.8 Å². The van der Waals surface area contributed by atoms with Crippen molar-refractivity contribution in [3.63, 3.8) is 0 Å². The number of rotatable bonds is 1. The van der Waals surface area contributed by atoms with Crippen LogP contribution in [0.15, 0.2) is 24.3 Å². The second-order valence-electron chi connectivity index (χ2n) is 2.87. The normalized spacial score (nSPS) is 21.0. The Hall–Kier alpha value is -1.49. The topological polar surface area (TPSA) is 66.4 Å². The van der Waals surface area contributed by atoms with E-state index >= 15 is 0 Å². The van der Waals surface area contributed by atoms with Crippen molar-refractivity contribution in [2.75, 3.05) is 0 Å². The number of imide groups is 1. The van der Waals surface area contributed by atoms with Crippen LogP contribution in [-0.2, 0) is 4.79 Å². The van der Waals surface area contributed by atoms with E-state index < -0.39 is 5.25 Å². The summed E-state index contributed by atoms with van der Waals surface area (Å²) in [6.07, 6.45) is 0. The molecule has 0 aliphatic carbocycles. The third-order valence-corrected chi connectivity index (χ3v) is 2.90. The number of phenols is 1. The first-order chi connectivity index (χ1) is 6.66. The molecule has 1 aliphatic heterocycles. The molecule has 0 radical (unpaired) electrons. The van der Waals surface area contributed by atoms with E-state index in [0.29, 0.717) is 5.56 Å². The summed E-state index contributed by atoms with van der Waals surface area (Å²) < 4.78 is 0. The minimum atomic E-state index is -0.533. The van der Waals surface area contributed by atoms with Crippen molar-refractivity contribution in [1.82, 2.24) is 5.32 Å². The lowest BCUT2D eigenvalue weighted by molar-refractivity contribution is -0.119. The highest BCUT2D eigenvalue weighted by Gasteiger charge is 2.32. The number of aromatic hydroxyl groups is 1. The molecule has 1 aliphatic rings. The monoisotopic (exact) mass is 209 g/mol.